The molecule has 0 bridgehead atoms. The average molecular weight is 262 g/mol. The second-order valence-corrected chi connectivity index (χ2v) is 4.11. The molecule has 1 N–H and O–H groups in total. The molecule has 1 aromatic rings. The maximum atomic E-state index is 11.7. The molecule has 0 fully saturated rings. The molecule has 0 heterocycles. The number of amides is 1. The molecule has 0 aliphatic heterocycles. The summed E-state index contributed by atoms with van der Waals surface area (Å²) >= 11 is 0. The van der Waals surface area contributed by atoms with Crippen molar-refractivity contribution < 1.29 is 14.3 Å². The Kier molecular flexibility index (Phi) is 5.60. The Labute approximate surface area is 112 Å². The highest BCUT2D eigenvalue weighted by Crippen LogP contribution is 2.12. The Hall–Kier alpha value is -2.30. The molecule has 1 rings (SSSR count). The van der Waals surface area contributed by atoms with E-state index in [2.05, 4.69) is 11.9 Å². The smallest absolute Gasteiger partial charge is 0.338 e. The van der Waals surface area contributed by atoms with E-state index < -0.39 is 5.97 Å². The van der Waals surface area contributed by atoms with Gasteiger partial charge in [-0.15, -0.1) is 6.58 Å². The van der Waals surface area contributed by atoms with E-state index in [0.717, 1.165) is 5.69 Å². The minimum atomic E-state index is -0.515. The van der Waals surface area contributed by atoms with Gasteiger partial charge in [0.1, 0.15) is 0 Å². The number of carbonyl (C=O) groups is 2. The summed E-state index contributed by atoms with van der Waals surface area (Å²) in [4.78, 5) is 24.8. The Morgan fingerprint density at radius 1 is 1.32 bits per heavy atom. The van der Waals surface area contributed by atoms with Crippen LogP contribution < -0.4 is 10.2 Å². The number of ether oxygens (including phenoxy) is 1. The molecule has 0 saturated heterocycles. The fraction of sp³-hybridized carbons (Fsp3) is 0.286. The van der Waals surface area contributed by atoms with Gasteiger partial charge in [-0.2, -0.15) is 0 Å². The number of esters is 1. The summed E-state index contributed by atoms with van der Waals surface area (Å²) < 4.78 is 4.89. The van der Waals surface area contributed by atoms with Gasteiger partial charge in [-0.3, -0.25) is 4.79 Å². The zero-order valence-electron chi connectivity index (χ0n) is 11.2. The highest BCUT2D eigenvalue weighted by molar-refractivity contribution is 5.91. The van der Waals surface area contributed by atoms with Gasteiger partial charge in [0.05, 0.1) is 5.56 Å². The number of nitrogens with zero attached hydrogens (tertiary/aromatic N) is 1. The molecule has 5 heteroatoms. The van der Waals surface area contributed by atoms with Crippen LogP contribution in [0.3, 0.4) is 0 Å². The average Bonchev–Trinajstić information content (AvgIpc) is 2.42. The Morgan fingerprint density at radius 3 is 2.47 bits per heavy atom. The van der Waals surface area contributed by atoms with E-state index in [1.165, 1.54) is 0 Å². The predicted octanol–water partition coefficient (Wildman–Crippen LogP) is 1.21. The van der Waals surface area contributed by atoms with Crippen molar-refractivity contribution >= 4 is 17.6 Å². The quantitative estimate of drug-likeness (QED) is 0.618. The van der Waals surface area contributed by atoms with E-state index >= 15 is 0 Å². The van der Waals surface area contributed by atoms with E-state index in [1.54, 1.807) is 18.2 Å². The van der Waals surface area contributed by atoms with Crippen LogP contribution in [-0.2, 0) is 9.53 Å². The van der Waals surface area contributed by atoms with Gasteiger partial charge in [0.25, 0.3) is 5.91 Å². The third-order valence-electron chi connectivity index (χ3n) is 2.40. The maximum absolute atomic E-state index is 11.7. The van der Waals surface area contributed by atoms with Crippen LogP contribution in [0.25, 0.3) is 0 Å². The third-order valence-corrected chi connectivity index (χ3v) is 2.40. The number of rotatable bonds is 6. The normalized spacial score (nSPS) is 9.58. The number of benzene rings is 1. The van der Waals surface area contributed by atoms with Gasteiger partial charge in [-0.25, -0.2) is 4.79 Å². The van der Waals surface area contributed by atoms with Crippen LogP contribution in [0.1, 0.15) is 10.4 Å². The molecule has 19 heavy (non-hydrogen) atoms. The zero-order chi connectivity index (χ0) is 14.3. The van der Waals surface area contributed by atoms with Crippen molar-refractivity contribution in [3.63, 3.8) is 0 Å². The Bertz CT molecular complexity index is 452. The molecule has 0 aliphatic rings. The molecule has 1 amide bonds. The van der Waals surface area contributed by atoms with Gasteiger partial charge in [0.15, 0.2) is 6.61 Å². The van der Waals surface area contributed by atoms with Crippen molar-refractivity contribution in [3.05, 3.63) is 42.5 Å². The summed E-state index contributed by atoms with van der Waals surface area (Å²) in [5.74, 6) is -0.864. The van der Waals surface area contributed by atoms with Crippen LogP contribution in [0.4, 0.5) is 5.69 Å². The van der Waals surface area contributed by atoms with E-state index in [9.17, 15) is 9.59 Å². The first-order chi connectivity index (χ1) is 9.04. The van der Waals surface area contributed by atoms with Crippen LogP contribution in [0.5, 0.6) is 0 Å². The predicted molar refractivity (Wildman–Crippen MR) is 74.3 cm³/mol. The first-order valence-electron chi connectivity index (χ1n) is 5.86. The van der Waals surface area contributed by atoms with Crippen LogP contribution in [0.15, 0.2) is 36.9 Å². The summed E-state index contributed by atoms with van der Waals surface area (Å²) in [6.07, 6.45) is 1.56. The fourth-order valence-electron chi connectivity index (χ4n) is 1.35. The lowest BCUT2D eigenvalue weighted by Crippen LogP contribution is -2.28. The van der Waals surface area contributed by atoms with E-state index in [4.69, 9.17) is 4.74 Å². The number of hydrogen-bond donors (Lipinski definition) is 1. The molecule has 0 unspecified atom stereocenters. The zero-order valence-corrected chi connectivity index (χ0v) is 11.2. The lowest BCUT2D eigenvalue weighted by Gasteiger charge is -2.12. The van der Waals surface area contributed by atoms with E-state index in [1.807, 2.05) is 31.1 Å². The van der Waals surface area contributed by atoms with Crippen LogP contribution in [-0.4, -0.2) is 39.1 Å². The summed E-state index contributed by atoms with van der Waals surface area (Å²) in [7, 11) is 3.83. The molecule has 0 saturated carbocycles. The van der Waals surface area contributed by atoms with Crippen LogP contribution >= 0.6 is 0 Å². The summed E-state index contributed by atoms with van der Waals surface area (Å²) in [6, 6.07) is 6.96. The van der Waals surface area contributed by atoms with E-state index in [-0.39, 0.29) is 12.5 Å². The molecular weight excluding hydrogens is 244 g/mol. The summed E-state index contributed by atoms with van der Waals surface area (Å²) in [6.45, 7) is 3.54. The minimum Gasteiger partial charge on any atom is -0.452 e. The van der Waals surface area contributed by atoms with Crippen molar-refractivity contribution in [2.24, 2.45) is 0 Å². The van der Waals surface area contributed by atoms with Crippen LogP contribution in [0, 0.1) is 0 Å². The molecule has 0 atom stereocenters. The highest BCUT2D eigenvalue weighted by Gasteiger charge is 2.09. The Morgan fingerprint density at radius 2 is 1.95 bits per heavy atom. The largest absolute Gasteiger partial charge is 0.452 e. The van der Waals surface area contributed by atoms with Crippen molar-refractivity contribution in [1.82, 2.24) is 5.32 Å². The topological polar surface area (TPSA) is 58.6 Å². The first-order valence-corrected chi connectivity index (χ1v) is 5.86. The molecule has 0 aliphatic carbocycles. The third kappa shape index (κ3) is 4.83. The number of nitrogens with one attached hydrogen (secondary N) is 1. The summed E-state index contributed by atoms with van der Waals surface area (Å²) in [5.41, 5.74) is 1.40. The lowest BCUT2D eigenvalue weighted by atomic mass is 10.2. The van der Waals surface area contributed by atoms with Crippen molar-refractivity contribution in [1.29, 1.82) is 0 Å². The van der Waals surface area contributed by atoms with Crippen molar-refractivity contribution in [2.45, 2.75) is 0 Å². The van der Waals surface area contributed by atoms with Gasteiger partial charge in [-0.05, 0) is 24.3 Å². The van der Waals surface area contributed by atoms with Crippen molar-refractivity contribution in [2.75, 3.05) is 32.1 Å². The number of hydrogen-bond acceptors (Lipinski definition) is 4. The molecule has 0 spiro atoms. The standard InChI is InChI=1S/C14H18N2O3/c1-4-9-15-13(17)10-19-14(18)11-5-7-12(8-6-11)16(2)3/h4-8H,1,9-10H2,2-3H3,(H,15,17). The van der Waals surface area contributed by atoms with Gasteiger partial charge in [0.2, 0.25) is 0 Å². The van der Waals surface area contributed by atoms with Gasteiger partial charge < -0.3 is 15.0 Å². The second kappa shape index (κ2) is 7.20. The second-order valence-electron chi connectivity index (χ2n) is 4.11. The molecular formula is C14H18N2O3. The molecule has 0 radical (unpaired) electrons. The van der Waals surface area contributed by atoms with Crippen LogP contribution in [0.2, 0.25) is 0 Å². The molecule has 1 aromatic carbocycles. The monoisotopic (exact) mass is 262 g/mol. The SMILES string of the molecule is C=CCNC(=O)COC(=O)c1ccc(N(C)C)cc1. The molecule has 5 nitrogen and oxygen atoms in total. The van der Waals surface area contributed by atoms with Gasteiger partial charge in [0, 0.05) is 26.3 Å². The highest BCUT2D eigenvalue weighted by atomic mass is 16.5. The van der Waals surface area contributed by atoms with Crippen molar-refractivity contribution in [3.8, 4) is 0 Å². The Balaban J connectivity index is 2.49. The number of carbonyl (C=O) groups excluding carboxylic acids is 2. The van der Waals surface area contributed by atoms with Gasteiger partial charge in [-0.1, -0.05) is 6.08 Å². The molecule has 0 aromatic heterocycles. The minimum absolute atomic E-state index is 0.290. The summed E-state index contributed by atoms with van der Waals surface area (Å²) in [5, 5.41) is 2.52. The lowest BCUT2D eigenvalue weighted by molar-refractivity contribution is -0.124. The van der Waals surface area contributed by atoms with E-state index in [0.29, 0.717) is 12.1 Å². The fourth-order valence-corrected chi connectivity index (χ4v) is 1.35. The maximum Gasteiger partial charge on any atom is 0.338 e. The first kappa shape index (κ1) is 14.8. The molecule has 102 valence electrons. The number of anilines is 1. The van der Waals surface area contributed by atoms with Gasteiger partial charge >= 0.3 is 5.97 Å².